The minimum Gasteiger partial charge on any atom is -0.427 e. The molecule has 1 heterocycles. The van der Waals surface area contributed by atoms with Crippen LogP contribution in [0, 0.1) is 0 Å². The fourth-order valence-corrected chi connectivity index (χ4v) is 2.01. The van der Waals surface area contributed by atoms with Gasteiger partial charge in [0.05, 0.1) is 12.1 Å². The first-order valence-electron chi connectivity index (χ1n) is 6.50. The summed E-state index contributed by atoms with van der Waals surface area (Å²) in [5.41, 5.74) is 0.923. The Labute approximate surface area is 122 Å². The highest BCUT2D eigenvalue weighted by molar-refractivity contribution is 6.28. The molecule has 0 bridgehead atoms. The summed E-state index contributed by atoms with van der Waals surface area (Å²) >= 11 is 0. The zero-order chi connectivity index (χ0) is 15.4. The number of nitrogens with zero attached hydrogens (tertiary/aromatic N) is 1. The third-order valence-electron chi connectivity index (χ3n) is 2.92. The standard InChI is InChI=1S/C16H15NO4/c1-3-4-5-12-10-15(19)17(16(12)20)13-6-8-14(9-7-13)21-11(2)18/h3-9H,10H2,1-2H3/b4-3+,12-5+. The number of anilines is 1. The molecule has 1 aromatic rings. The highest BCUT2D eigenvalue weighted by atomic mass is 16.5. The molecule has 0 saturated carbocycles. The van der Waals surface area contributed by atoms with Crippen molar-refractivity contribution in [3.8, 4) is 5.75 Å². The predicted molar refractivity (Wildman–Crippen MR) is 77.8 cm³/mol. The highest BCUT2D eigenvalue weighted by Gasteiger charge is 2.34. The topological polar surface area (TPSA) is 63.7 Å². The van der Waals surface area contributed by atoms with Crippen molar-refractivity contribution in [2.75, 3.05) is 4.90 Å². The van der Waals surface area contributed by atoms with E-state index in [-0.39, 0.29) is 18.2 Å². The van der Waals surface area contributed by atoms with Crippen molar-refractivity contribution >= 4 is 23.5 Å². The van der Waals surface area contributed by atoms with E-state index in [1.54, 1.807) is 42.5 Å². The van der Waals surface area contributed by atoms with Gasteiger partial charge in [0.25, 0.3) is 5.91 Å². The van der Waals surface area contributed by atoms with E-state index in [1.165, 1.54) is 6.92 Å². The van der Waals surface area contributed by atoms with Gasteiger partial charge >= 0.3 is 5.97 Å². The van der Waals surface area contributed by atoms with Crippen LogP contribution in [0.15, 0.2) is 48.1 Å². The lowest BCUT2D eigenvalue weighted by molar-refractivity contribution is -0.132. The summed E-state index contributed by atoms with van der Waals surface area (Å²) in [4.78, 5) is 36.2. The van der Waals surface area contributed by atoms with Crippen LogP contribution in [0.25, 0.3) is 0 Å². The second kappa shape index (κ2) is 6.17. The van der Waals surface area contributed by atoms with Crippen LogP contribution in [0.4, 0.5) is 5.69 Å². The predicted octanol–water partition coefficient (Wildman–Crippen LogP) is 2.38. The van der Waals surface area contributed by atoms with Gasteiger partial charge in [-0.25, -0.2) is 4.90 Å². The van der Waals surface area contributed by atoms with Crippen LogP contribution in [0.1, 0.15) is 20.3 Å². The lowest BCUT2D eigenvalue weighted by atomic mass is 10.2. The molecule has 5 nitrogen and oxygen atoms in total. The van der Waals surface area contributed by atoms with Gasteiger partial charge in [-0.1, -0.05) is 18.2 Å². The summed E-state index contributed by atoms with van der Waals surface area (Å²) in [5.74, 6) is -0.642. The molecular weight excluding hydrogens is 270 g/mol. The summed E-state index contributed by atoms with van der Waals surface area (Å²) in [6, 6.07) is 6.25. The third kappa shape index (κ3) is 3.25. The summed E-state index contributed by atoms with van der Waals surface area (Å²) in [6.07, 6.45) is 5.26. The number of rotatable bonds is 3. The second-order valence-corrected chi connectivity index (χ2v) is 4.52. The first-order valence-corrected chi connectivity index (χ1v) is 6.50. The van der Waals surface area contributed by atoms with Gasteiger partial charge < -0.3 is 4.74 Å². The minimum absolute atomic E-state index is 0.0921. The summed E-state index contributed by atoms with van der Waals surface area (Å²) in [5, 5.41) is 0. The summed E-state index contributed by atoms with van der Waals surface area (Å²) in [6.45, 7) is 3.14. The van der Waals surface area contributed by atoms with Crippen molar-refractivity contribution in [1.82, 2.24) is 0 Å². The van der Waals surface area contributed by atoms with Crippen molar-refractivity contribution in [2.45, 2.75) is 20.3 Å². The monoisotopic (exact) mass is 285 g/mol. The van der Waals surface area contributed by atoms with Crippen LogP contribution >= 0.6 is 0 Å². The molecule has 5 heteroatoms. The molecule has 21 heavy (non-hydrogen) atoms. The molecule has 1 aliphatic rings. The molecule has 0 aliphatic carbocycles. The molecule has 1 aromatic carbocycles. The van der Waals surface area contributed by atoms with Gasteiger partial charge in [0.15, 0.2) is 0 Å². The Bertz CT molecular complexity index is 641. The fourth-order valence-electron chi connectivity index (χ4n) is 2.01. The van der Waals surface area contributed by atoms with Gasteiger partial charge in [0.1, 0.15) is 5.75 Å². The first-order chi connectivity index (χ1) is 10.0. The smallest absolute Gasteiger partial charge is 0.308 e. The van der Waals surface area contributed by atoms with E-state index in [9.17, 15) is 14.4 Å². The SMILES string of the molecule is C/C=C/C=C1\CC(=O)N(c2ccc(OC(C)=O)cc2)C1=O. The van der Waals surface area contributed by atoms with Crippen molar-refractivity contribution in [3.05, 3.63) is 48.1 Å². The molecule has 2 amide bonds. The molecule has 0 aromatic heterocycles. The van der Waals surface area contributed by atoms with Gasteiger partial charge in [-0.15, -0.1) is 0 Å². The zero-order valence-corrected chi connectivity index (χ0v) is 11.8. The number of hydrogen-bond donors (Lipinski definition) is 0. The normalized spacial score (nSPS) is 17.0. The van der Waals surface area contributed by atoms with E-state index in [2.05, 4.69) is 0 Å². The molecule has 0 N–H and O–H groups in total. The Hall–Kier alpha value is -2.69. The number of hydrogen-bond acceptors (Lipinski definition) is 4. The van der Waals surface area contributed by atoms with Crippen LogP contribution < -0.4 is 9.64 Å². The Balaban J connectivity index is 2.23. The maximum atomic E-state index is 12.2. The number of carbonyl (C=O) groups is 3. The van der Waals surface area contributed by atoms with Gasteiger partial charge in [0.2, 0.25) is 5.91 Å². The van der Waals surface area contributed by atoms with Gasteiger partial charge in [0, 0.05) is 12.5 Å². The van der Waals surface area contributed by atoms with Crippen LogP contribution in [-0.2, 0) is 14.4 Å². The molecule has 2 rings (SSSR count). The molecule has 1 fully saturated rings. The summed E-state index contributed by atoms with van der Waals surface area (Å²) in [7, 11) is 0. The quantitative estimate of drug-likeness (QED) is 0.370. The van der Waals surface area contributed by atoms with E-state index in [0.717, 1.165) is 4.90 Å². The molecule has 0 atom stereocenters. The Kier molecular flexibility index (Phi) is 4.33. The average molecular weight is 285 g/mol. The van der Waals surface area contributed by atoms with Crippen molar-refractivity contribution < 1.29 is 19.1 Å². The van der Waals surface area contributed by atoms with Gasteiger partial charge in [-0.2, -0.15) is 0 Å². The minimum atomic E-state index is -0.423. The second-order valence-electron chi connectivity index (χ2n) is 4.52. The van der Waals surface area contributed by atoms with Gasteiger partial charge in [-0.05, 0) is 31.2 Å². The number of imide groups is 1. The van der Waals surface area contributed by atoms with E-state index in [0.29, 0.717) is 17.0 Å². The Morgan fingerprint density at radius 1 is 1.24 bits per heavy atom. The Morgan fingerprint density at radius 2 is 1.90 bits per heavy atom. The lowest BCUT2D eigenvalue weighted by Gasteiger charge is -2.13. The van der Waals surface area contributed by atoms with E-state index in [1.807, 2.05) is 6.92 Å². The molecule has 1 aliphatic heterocycles. The van der Waals surface area contributed by atoms with Crippen molar-refractivity contribution in [2.24, 2.45) is 0 Å². The molecule has 108 valence electrons. The molecular formula is C16H15NO4. The number of esters is 1. The summed E-state index contributed by atoms with van der Waals surface area (Å²) < 4.78 is 4.91. The van der Waals surface area contributed by atoms with E-state index < -0.39 is 5.97 Å². The van der Waals surface area contributed by atoms with Crippen molar-refractivity contribution in [1.29, 1.82) is 0 Å². The van der Waals surface area contributed by atoms with Gasteiger partial charge in [-0.3, -0.25) is 14.4 Å². The fraction of sp³-hybridized carbons (Fsp3) is 0.188. The lowest BCUT2D eigenvalue weighted by Crippen LogP contribution is -2.28. The number of benzene rings is 1. The first kappa shape index (κ1) is 14.7. The molecule has 0 spiro atoms. The number of ether oxygens (including phenoxy) is 1. The maximum absolute atomic E-state index is 12.2. The molecule has 1 saturated heterocycles. The van der Waals surface area contributed by atoms with Crippen LogP contribution in [-0.4, -0.2) is 17.8 Å². The molecule has 0 radical (unpaired) electrons. The zero-order valence-electron chi connectivity index (χ0n) is 11.8. The maximum Gasteiger partial charge on any atom is 0.308 e. The number of allylic oxidation sites excluding steroid dienone is 3. The Morgan fingerprint density at radius 3 is 2.48 bits per heavy atom. The van der Waals surface area contributed by atoms with Crippen LogP contribution in [0.5, 0.6) is 5.75 Å². The third-order valence-corrected chi connectivity index (χ3v) is 2.92. The van der Waals surface area contributed by atoms with Crippen LogP contribution in [0.3, 0.4) is 0 Å². The van der Waals surface area contributed by atoms with E-state index in [4.69, 9.17) is 4.74 Å². The van der Waals surface area contributed by atoms with Crippen LogP contribution in [0.2, 0.25) is 0 Å². The number of amides is 2. The van der Waals surface area contributed by atoms with E-state index >= 15 is 0 Å². The highest BCUT2D eigenvalue weighted by Crippen LogP contribution is 2.27. The number of carbonyl (C=O) groups excluding carboxylic acids is 3. The van der Waals surface area contributed by atoms with Crippen molar-refractivity contribution in [3.63, 3.8) is 0 Å². The average Bonchev–Trinajstić information content (AvgIpc) is 2.72. The largest absolute Gasteiger partial charge is 0.427 e. The molecule has 0 unspecified atom stereocenters.